The van der Waals surface area contributed by atoms with Gasteiger partial charge in [0.1, 0.15) is 0 Å². The smallest absolute Gasteiger partial charge is 0.331 e. The molecule has 110 valence electrons. The number of urea groups is 1. The van der Waals surface area contributed by atoms with Crippen LogP contribution in [0.1, 0.15) is 24.8 Å². The fourth-order valence-electron chi connectivity index (χ4n) is 2.22. The minimum Gasteiger partial charge on any atom is -0.331 e. The maximum Gasteiger partial charge on any atom is 0.418 e. The van der Waals surface area contributed by atoms with Crippen LogP contribution in [0.2, 0.25) is 0 Å². The van der Waals surface area contributed by atoms with Gasteiger partial charge >= 0.3 is 12.2 Å². The van der Waals surface area contributed by atoms with Crippen molar-refractivity contribution < 1.29 is 18.0 Å². The molecule has 0 bridgehead atoms. The lowest BCUT2D eigenvalue weighted by molar-refractivity contribution is -0.136. The summed E-state index contributed by atoms with van der Waals surface area (Å²) in [5.74, 6) is 0. The highest BCUT2D eigenvalue weighted by molar-refractivity contribution is 5.90. The molecule has 0 aliphatic heterocycles. The van der Waals surface area contributed by atoms with Crippen LogP contribution >= 0.6 is 0 Å². The van der Waals surface area contributed by atoms with Gasteiger partial charge in [-0.25, -0.2) is 4.79 Å². The van der Waals surface area contributed by atoms with E-state index in [2.05, 4.69) is 10.6 Å². The summed E-state index contributed by atoms with van der Waals surface area (Å²) >= 11 is 0. The second kappa shape index (κ2) is 5.32. The van der Waals surface area contributed by atoms with E-state index < -0.39 is 23.3 Å². The van der Waals surface area contributed by atoms with Gasteiger partial charge in [-0.05, 0) is 31.4 Å². The van der Waals surface area contributed by atoms with Crippen LogP contribution in [0.4, 0.5) is 23.7 Å². The monoisotopic (exact) mass is 287 g/mol. The lowest BCUT2D eigenvalue weighted by Crippen LogP contribution is -2.59. The van der Waals surface area contributed by atoms with Gasteiger partial charge in [-0.2, -0.15) is 13.2 Å². The molecule has 0 radical (unpaired) electrons. The zero-order chi connectivity index (χ0) is 14.8. The molecule has 0 spiro atoms. The van der Waals surface area contributed by atoms with Crippen LogP contribution in [0.25, 0.3) is 0 Å². The van der Waals surface area contributed by atoms with E-state index in [1.165, 1.54) is 18.2 Å². The molecule has 1 fully saturated rings. The van der Waals surface area contributed by atoms with Crippen LogP contribution in [0.5, 0.6) is 0 Å². The Bertz CT molecular complexity index is 492. The third-order valence-corrected chi connectivity index (χ3v) is 3.56. The average Bonchev–Trinajstić information content (AvgIpc) is 2.33. The van der Waals surface area contributed by atoms with Gasteiger partial charge in [0.25, 0.3) is 0 Å². The van der Waals surface area contributed by atoms with Crippen molar-refractivity contribution in [2.45, 2.75) is 31.0 Å². The molecule has 0 aromatic heterocycles. The number of anilines is 1. The molecule has 0 heterocycles. The van der Waals surface area contributed by atoms with Crippen molar-refractivity contribution >= 4 is 11.7 Å². The Morgan fingerprint density at radius 3 is 2.45 bits per heavy atom. The molecular formula is C13H16F3N3O. The summed E-state index contributed by atoms with van der Waals surface area (Å²) < 4.78 is 38.4. The van der Waals surface area contributed by atoms with Gasteiger partial charge in [0.15, 0.2) is 0 Å². The zero-order valence-electron chi connectivity index (χ0n) is 10.8. The second-order valence-corrected chi connectivity index (χ2v) is 4.96. The van der Waals surface area contributed by atoms with E-state index in [1.807, 2.05) is 0 Å². The van der Waals surface area contributed by atoms with Crippen LogP contribution in [0.3, 0.4) is 0 Å². The van der Waals surface area contributed by atoms with Gasteiger partial charge in [-0.3, -0.25) is 0 Å². The molecule has 4 nitrogen and oxygen atoms in total. The van der Waals surface area contributed by atoms with Crippen LogP contribution < -0.4 is 16.4 Å². The Balaban J connectivity index is 2.08. The third kappa shape index (κ3) is 3.04. The van der Waals surface area contributed by atoms with E-state index in [0.717, 1.165) is 25.3 Å². The van der Waals surface area contributed by atoms with E-state index in [1.54, 1.807) is 0 Å². The number of alkyl halides is 3. The van der Waals surface area contributed by atoms with Crippen molar-refractivity contribution in [2.75, 3.05) is 11.9 Å². The molecule has 0 saturated heterocycles. The molecular weight excluding hydrogens is 271 g/mol. The number of benzene rings is 1. The SMILES string of the molecule is NCC1(NC(=O)Nc2ccccc2C(F)(F)F)CCC1. The average molecular weight is 287 g/mol. The summed E-state index contributed by atoms with van der Waals surface area (Å²) in [6.45, 7) is 0.279. The molecule has 0 unspecified atom stereocenters. The van der Waals surface area contributed by atoms with Gasteiger partial charge in [0.05, 0.1) is 16.8 Å². The molecule has 1 aromatic rings. The molecule has 2 amide bonds. The van der Waals surface area contributed by atoms with E-state index in [0.29, 0.717) is 0 Å². The highest BCUT2D eigenvalue weighted by Crippen LogP contribution is 2.35. The zero-order valence-corrected chi connectivity index (χ0v) is 10.8. The predicted octanol–water partition coefficient (Wildman–Crippen LogP) is 2.71. The van der Waals surface area contributed by atoms with Crippen LogP contribution in [-0.4, -0.2) is 18.1 Å². The van der Waals surface area contributed by atoms with Crippen molar-refractivity contribution in [1.82, 2.24) is 5.32 Å². The Morgan fingerprint density at radius 2 is 1.95 bits per heavy atom. The number of hydrogen-bond donors (Lipinski definition) is 3. The Kier molecular flexibility index (Phi) is 3.89. The number of halogens is 3. The first-order valence-corrected chi connectivity index (χ1v) is 6.32. The number of carbonyl (C=O) groups is 1. The van der Waals surface area contributed by atoms with Gasteiger partial charge in [0.2, 0.25) is 0 Å². The quantitative estimate of drug-likeness (QED) is 0.800. The van der Waals surface area contributed by atoms with Gasteiger partial charge in [0, 0.05) is 6.54 Å². The first-order valence-electron chi connectivity index (χ1n) is 6.32. The van der Waals surface area contributed by atoms with Crippen molar-refractivity contribution in [3.63, 3.8) is 0 Å². The molecule has 1 aromatic carbocycles. The Morgan fingerprint density at radius 1 is 1.30 bits per heavy atom. The van der Waals surface area contributed by atoms with Gasteiger partial charge < -0.3 is 16.4 Å². The summed E-state index contributed by atoms with van der Waals surface area (Å²) in [6.07, 6.45) is -2.06. The number of amides is 2. The first kappa shape index (κ1) is 14.6. The van der Waals surface area contributed by atoms with Crippen molar-refractivity contribution in [3.8, 4) is 0 Å². The molecule has 2 rings (SSSR count). The fourth-order valence-corrected chi connectivity index (χ4v) is 2.22. The van der Waals surface area contributed by atoms with Crippen LogP contribution in [-0.2, 0) is 6.18 Å². The maximum atomic E-state index is 12.8. The minimum atomic E-state index is -4.51. The van der Waals surface area contributed by atoms with Crippen LogP contribution in [0.15, 0.2) is 24.3 Å². The Labute approximate surface area is 114 Å². The first-order chi connectivity index (χ1) is 9.36. The lowest BCUT2D eigenvalue weighted by atomic mass is 9.77. The molecule has 0 atom stereocenters. The van der Waals surface area contributed by atoms with E-state index in [4.69, 9.17) is 5.73 Å². The highest BCUT2D eigenvalue weighted by Gasteiger charge is 2.38. The summed E-state index contributed by atoms with van der Waals surface area (Å²) in [4.78, 5) is 11.8. The topological polar surface area (TPSA) is 67.1 Å². The predicted molar refractivity (Wildman–Crippen MR) is 69.2 cm³/mol. The van der Waals surface area contributed by atoms with E-state index in [-0.39, 0.29) is 12.2 Å². The summed E-state index contributed by atoms with van der Waals surface area (Å²) in [5, 5.41) is 4.91. The summed E-state index contributed by atoms with van der Waals surface area (Å²) in [6, 6.07) is 4.20. The minimum absolute atomic E-state index is 0.260. The molecule has 4 N–H and O–H groups in total. The molecule has 1 aliphatic carbocycles. The van der Waals surface area contributed by atoms with Gasteiger partial charge in [-0.1, -0.05) is 12.1 Å². The number of carbonyl (C=O) groups excluding carboxylic acids is 1. The van der Waals surface area contributed by atoms with Gasteiger partial charge in [-0.15, -0.1) is 0 Å². The fraction of sp³-hybridized carbons (Fsp3) is 0.462. The molecule has 1 aliphatic rings. The molecule has 7 heteroatoms. The molecule has 20 heavy (non-hydrogen) atoms. The van der Waals surface area contributed by atoms with E-state index >= 15 is 0 Å². The second-order valence-electron chi connectivity index (χ2n) is 4.96. The summed E-state index contributed by atoms with van der Waals surface area (Å²) in [5.41, 5.74) is 3.98. The number of nitrogens with one attached hydrogen (secondary N) is 2. The third-order valence-electron chi connectivity index (χ3n) is 3.56. The number of nitrogens with two attached hydrogens (primary N) is 1. The maximum absolute atomic E-state index is 12.8. The van der Waals surface area contributed by atoms with Crippen LogP contribution in [0, 0.1) is 0 Å². The number of para-hydroxylation sites is 1. The normalized spacial score (nSPS) is 17.2. The highest BCUT2D eigenvalue weighted by atomic mass is 19.4. The Hall–Kier alpha value is -1.76. The van der Waals surface area contributed by atoms with Crippen molar-refractivity contribution in [1.29, 1.82) is 0 Å². The lowest BCUT2D eigenvalue weighted by Gasteiger charge is -2.41. The summed E-state index contributed by atoms with van der Waals surface area (Å²) in [7, 11) is 0. The van der Waals surface area contributed by atoms with Crippen molar-refractivity contribution in [2.24, 2.45) is 5.73 Å². The molecule has 1 saturated carbocycles. The largest absolute Gasteiger partial charge is 0.418 e. The van der Waals surface area contributed by atoms with Crippen molar-refractivity contribution in [3.05, 3.63) is 29.8 Å². The standard InChI is InChI=1S/C13H16F3N3O/c14-13(15,16)9-4-1-2-5-10(9)18-11(20)19-12(8-17)6-3-7-12/h1-2,4-5H,3,6-8,17H2,(H2,18,19,20). The number of rotatable bonds is 3. The number of hydrogen-bond acceptors (Lipinski definition) is 2. The van der Waals surface area contributed by atoms with E-state index in [9.17, 15) is 18.0 Å².